The zero-order valence-electron chi connectivity index (χ0n) is 29.5. The molecule has 0 spiro atoms. The van der Waals surface area contributed by atoms with Crippen molar-refractivity contribution in [2.75, 3.05) is 73.7 Å². The molecule has 6 aliphatic rings. The van der Waals surface area contributed by atoms with Crippen LogP contribution in [0.25, 0.3) is 0 Å². The van der Waals surface area contributed by atoms with Crippen LogP contribution < -0.4 is 9.79 Å². The highest BCUT2D eigenvalue weighted by Gasteiger charge is 2.62. The van der Waals surface area contributed by atoms with Crippen molar-refractivity contribution in [1.82, 2.24) is 0 Å². The van der Waals surface area contributed by atoms with Gasteiger partial charge in [-0.2, -0.15) is 0 Å². The molecule has 48 heavy (non-hydrogen) atoms. The molecular weight excluding hydrogens is 678 g/mol. The number of phosphoric ester groups is 2. The first-order chi connectivity index (χ1) is 22.8. The van der Waals surface area contributed by atoms with Crippen molar-refractivity contribution in [2.45, 2.75) is 102 Å². The van der Waals surface area contributed by atoms with Crippen molar-refractivity contribution < 1.29 is 74.9 Å². The fraction of sp³-hybridized carbons (Fsp3) is 1.00. The highest BCUT2D eigenvalue weighted by atomic mass is 31.2. The predicted octanol–water partition coefficient (Wildman–Crippen LogP) is 1.85. The molecule has 0 saturated carbocycles. The lowest BCUT2D eigenvalue weighted by Gasteiger charge is -2.44. The highest BCUT2D eigenvalue weighted by molar-refractivity contribution is 7.46. The number of ether oxygens (including phenoxy) is 8. The Balaban J connectivity index is 0.00000125. The molecule has 6 bridgehead atoms. The summed E-state index contributed by atoms with van der Waals surface area (Å²) in [6.45, 7) is 13.3. The summed E-state index contributed by atoms with van der Waals surface area (Å²) in [5, 5.41) is 0. The summed E-state index contributed by atoms with van der Waals surface area (Å²) in [6.07, 6.45) is -3.60. The van der Waals surface area contributed by atoms with E-state index in [4.69, 9.17) is 56.0 Å². The summed E-state index contributed by atoms with van der Waals surface area (Å²) in [7, 11) is -7.00. The van der Waals surface area contributed by atoms with E-state index in [-0.39, 0.29) is 70.3 Å². The maximum atomic E-state index is 13.3. The topological polar surface area (TPSA) is 191 Å². The Hall–Kier alpha value is -0.100. The van der Waals surface area contributed by atoms with Gasteiger partial charge in [0.05, 0.1) is 83.9 Å². The third-order valence-electron chi connectivity index (χ3n) is 9.82. The van der Waals surface area contributed by atoms with Gasteiger partial charge in [0.15, 0.2) is 0 Å². The molecule has 18 heteroatoms. The van der Waals surface area contributed by atoms with Crippen molar-refractivity contribution in [3.63, 3.8) is 0 Å². The second-order valence-corrected chi connectivity index (χ2v) is 15.5. The maximum absolute atomic E-state index is 13.3. The first kappa shape index (κ1) is 40.7. The van der Waals surface area contributed by atoms with E-state index in [0.717, 1.165) is 0 Å². The second-order valence-electron chi connectivity index (χ2n) is 12.8. The summed E-state index contributed by atoms with van der Waals surface area (Å²) < 4.78 is 94.6. The van der Waals surface area contributed by atoms with Gasteiger partial charge < -0.3 is 65.8 Å². The first-order valence-electron chi connectivity index (χ1n) is 16.8. The molecular formula is C30H54O16P2-2. The molecule has 0 radical (unpaired) electrons. The van der Waals surface area contributed by atoms with Crippen LogP contribution in [0.5, 0.6) is 0 Å². The fourth-order valence-electron chi connectivity index (χ4n) is 7.77. The molecule has 0 aromatic heterocycles. The minimum absolute atomic E-state index is 0.0520. The van der Waals surface area contributed by atoms with Crippen LogP contribution in [0.2, 0.25) is 0 Å². The minimum atomic E-state index is -5.01. The van der Waals surface area contributed by atoms with Crippen molar-refractivity contribution in [2.24, 2.45) is 17.8 Å². The summed E-state index contributed by atoms with van der Waals surface area (Å²) in [6, 6.07) is 0. The van der Waals surface area contributed by atoms with Crippen LogP contribution in [0.3, 0.4) is 0 Å². The molecule has 0 aliphatic carbocycles. The Morgan fingerprint density at radius 2 is 0.938 bits per heavy atom. The van der Waals surface area contributed by atoms with Gasteiger partial charge in [-0.15, -0.1) is 0 Å². The lowest BCUT2D eigenvalue weighted by atomic mass is 9.87. The molecule has 6 aliphatic heterocycles. The van der Waals surface area contributed by atoms with Gasteiger partial charge in [0.25, 0.3) is 15.6 Å². The van der Waals surface area contributed by atoms with E-state index in [0.29, 0.717) is 6.61 Å². The van der Waals surface area contributed by atoms with E-state index in [1.54, 1.807) is 6.92 Å². The van der Waals surface area contributed by atoms with E-state index in [9.17, 15) is 18.9 Å². The Morgan fingerprint density at radius 3 is 1.29 bits per heavy atom. The largest absolute Gasteiger partial charge is 0.756 e. The summed E-state index contributed by atoms with van der Waals surface area (Å²) in [4.78, 5) is 26.5. The van der Waals surface area contributed by atoms with Crippen molar-refractivity contribution >= 4 is 15.6 Å². The van der Waals surface area contributed by atoms with E-state index >= 15 is 0 Å². The monoisotopic (exact) mass is 732 g/mol. The maximum Gasteiger partial charge on any atom is 0.268 e. The van der Waals surface area contributed by atoms with Gasteiger partial charge in [-0.3, -0.25) is 9.13 Å². The van der Waals surface area contributed by atoms with Crippen molar-refractivity contribution in [3.8, 4) is 0 Å². The molecule has 6 fully saturated rings. The molecule has 0 aromatic rings. The third kappa shape index (κ3) is 7.95. The standard InChI is InChI=1S/C26H44O16P2.2C2H6/c1-15-18-6-33-11-25(39-15,21(18)32-5)13-36-43(27,28)42-23-20-8-35-12-26(23,40-17(20)3)14-37-44(29,30)41-22-19-7-34-10-24(22,9-31-4)38-16(19)2;2*1-2/h15-23H,6-14H2,1-5H3,(H,27,28)(H,29,30);2*1-2H3/p-2/t15?,16?,17?,18-,19-,20-,21-,22-,23-,24?,25?,26?;;/m1../s1. The Kier molecular flexibility index (Phi) is 13.8. The SMILES string of the molecule is CC.CC.COCC12COC[C@H](C(C)O1)[C@H]2OP(=O)([O-])OCC12COC[C@H](C(C)O1)[C@H]2OP(=O)([O-])OCC12COC[C@H](C(C)O1)[C@H]2OC. The van der Waals surface area contributed by atoms with Crippen LogP contribution in [-0.4, -0.2) is 127 Å². The second kappa shape index (κ2) is 16.3. The Bertz CT molecular complexity index is 1140. The Labute approximate surface area is 283 Å². The van der Waals surface area contributed by atoms with E-state index in [1.165, 1.54) is 14.2 Å². The van der Waals surface area contributed by atoms with Crippen molar-refractivity contribution in [1.29, 1.82) is 0 Å². The number of phosphoric acid groups is 2. The number of hydrogen-bond donors (Lipinski definition) is 0. The highest BCUT2D eigenvalue weighted by Crippen LogP contribution is 2.55. The van der Waals surface area contributed by atoms with Crippen LogP contribution in [0.15, 0.2) is 0 Å². The molecule has 8 unspecified atom stereocenters. The summed E-state index contributed by atoms with van der Waals surface area (Å²) in [5.74, 6) is -1.00. The van der Waals surface area contributed by atoms with E-state index in [1.807, 2.05) is 41.5 Å². The molecule has 6 rings (SSSR count). The predicted molar refractivity (Wildman–Crippen MR) is 165 cm³/mol. The molecule has 6 heterocycles. The zero-order chi connectivity index (χ0) is 35.5. The number of hydrogen-bond acceptors (Lipinski definition) is 16. The van der Waals surface area contributed by atoms with Gasteiger partial charge in [-0.05, 0) is 20.8 Å². The summed E-state index contributed by atoms with van der Waals surface area (Å²) in [5.41, 5.74) is -3.83. The fourth-order valence-corrected chi connectivity index (χ4v) is 9.90. The van der Waals surface area contributed by atoms with Gasteiger partial charge >= 0.3 is 0 Å². The average Bonchev–Trinajstić information content (AvgIpc) is 3.35. The quantitative estimate of drug-likeness (QED) is 0.249. The molecule has 0 aromatic carbocycles. The zero-order valence-corrected chi connectivity index (χ0v) is 31.3. The van der Waals surface area contributed by atoms with Crippen LogP contribution >= 0.6 is 15.6 Å². The normalized spacial score (nSPS) is 45.3. The van der Waals surface area contributed by atoms with E-state index < -0.39 is 69.4 Å². The molecule has 0 amide bonds. The summed E-state index contributed by atoms with van der Waals surface area (Å²) >= 11 is 0. The van der Waals surface area contributed by atoms with E-state index in [2.05, 4.69) is 0 Å². The van der Waals surface area contributed by atoms with Crippen LogP contribution in [-0.2, 0) is 65.1 Å². The first-order valence-corrected chi connectivity index (χ1v) is 19.8. The van der Waals surface area contributed by atoms with Crippen molar-refractivity contribution in [3.05, 3.63) is 0 Å². The minimum Gasteiger partial charge on any atom is -0.756 e. The molecule has 0 N–H and O–H groups in total. The van der Waals surface area contributed by atoms with Crippen LogP contribution in [0.4, 0.5) is 0 Å². The average molecular weight is 733 g/mol. The van der Waals surface area contributed by atoms with Crippen LogP contribution in [0, 0.1) is 17.8 Å². The molecule has 14 atom stereocenters. The van der Waals surface area contributed by atoms with Gasteiger partial charge in [0, 0.05) is 32.0 Å². The number of methoxy groups -OCH3 is 2. The molecule has 282 valence electrons. The number of fused-ring (bicyclic) bond motifs is 6. The Morgan fingerprint density at radius 1 is 0.604 bits per heavy atom. The van der Waals surface area contributed by atoms with Gasteiger partial charge in [-0.25, -0.2) is 0 Å². The number of rotatable bonds is 13. The molecule has 16 nitrogen and oxygen atoms in total. The molecule has 6 saturated heterocycles. The van der Waals surface area contributed by atoms with Gasteiger partial charge in [0.2, 0.25) is 0 Å². The smallest absolute Gasteiger partial charge is 0.268 e. The van der Waals surface area contributed by atoms with Crippen LogP contribution in [0.1, 0.15) is 48.5 Å². The lowest BCUT2D eigenvalue weighted by Crippen LogP contribution is -2.56. The van der Waals surface area contributed by atoms with Gasteiger partial charge in [0.1, 0.15) is 29.0 Å². The van der Waals surface area contributed by atoms with Gasteiger partial charge in [-0.1, -0.05) is 27.7 Å². The lowest BCUT2D eigenvalue weighted by molar-refractivity contribution is -0.258. The third-order valence-corrected chi connectivity index (χ3v) is 11.7.